The van der Waals surface area contributed by atoms with Gasteiger partial charge in [-0.15, -0.1) is 0 Å². The third-order valence-electron chi connectivity index (χ3n) is 2.67. The second-order valence-electron chi connectivity index (χ2n) is 4.26. The van der Waals surface area contributed by atoms with Crippen LogP contribution in [0.3, 0.4) is 0 Å². The Morgan fingerprint density at radius 2 is 1.80 bits per heavy atom. The Balaban J connectivity index is 2.06. The van der Waals surface area contributed by atoms with Crippen molar-refractivity contribution in [2.24, 2.45) is 0 Å². The van der Waals surface area contributed by atoms with Gasteiger partial charge in [-0.2, -0.15) is 0 Å². The molecular weight excluding hydrogens is 270 g/mol. The van der Waals surface area contributed by atoms with Gasteiger partial charge in [0, 0.05) is 31.5 Å². The molecule has 6 heteroatoms. The zero-order valence-corrected chi connectivity index (χ0v) is 12.6. The molecule has 0 atom stereocenters. The second-order valence-corrected chi connectivity index (χ2v) is 5.03. The van der Waals surface area contributed by atoms with Gasteiger partial charge in [0.2, 0.25) is 0 Å². The lowest BCUT2D eigenvalue weighted by molar-refractivity contribution is 0.921. The molecule has 2 rings (SSSR count). The van der Waals surface area contributed by atoms with E-state index < -0.39 is 0 Å². The Kier molecular flexibility index (Phi) is 5.61. The van der Waals surface area contributed by atoms with Crippen molar-refractivity contribution >= 4 is 23.4 Å². The van der Waals surface area contributed by atoms with Gasteiger partial charge in [-0.05, 0) is 30.4 Å². The molecule has 0 aliphatic heterocycles. The molecule has 0 bridgehead atoms. The highest BCUT2D eigenvalue weighted by atomic mass is 32.2. The van der Waals surface area contributed by atoms with Gasteiger partial charge in [0.25, 0.3) is 0 Å². The first-order valence-corrected chi connectivity index (χ1v) is 7.84. The van der Waals surface area contributed by atoms with Crippen molar-refractivity contribution in [2.45, 2.75) is 25.0 Å². The molecule has 0 spiro atoms. The predicted molar refractivity (Wildman–Crippen MR) is 84.2 cm³/mol. The Hall–Kier alpha value is -1.82. The quantitative estimate of drug-likeness (QED) is 0.603. The van der Waals surface area contributed by atoms with Crippen LogP contribution in [-0.2, 0) is 6.54 Å². The van der Waals surface area contributed by atoms with Crippen LogP contribution in [0.2, 0.25) is 0 Å². The van der Waals surface area contributed by atoms with Crippen LogP contribution < -0.4 is 10.6 Å². The molecule has 2 aromatic heterocycles. The van der Waals surface area contributed by atoms with Crippen LogP contribution >= 0.6 is 11.8 Å². The molecule has 0 saturated carbocycles. The number of hydrogen-bond donors (Lipinski definition) is 2. The molecule has 0 aromatic carbocycles. The van der Waals surface area contributed by atoms with E-state index in [9.17, 15) is 0 Å². The topological polar surface area (TPSA) is 62.7 Å². The maximum Gasteiger partial charge on any atom is 0.191 e. The summed E-state index contributed by atoms with van der Waals surface area (Å²) in [4.78, 5) is 12.9. The van der Waals surface area contributed by atoms with Gasteiger partial charge in [0.15, 0.2) is 5.16 Å². The number of nitrogens with one attached hydrogen (secondary N) is 2. The maximum atomic E-state index is 4.46. The lowest BCUT2D eigenvalue weighted by atomic mass is 10.3. The summed E-state index contributed by atoms with van der Waals surface area (Å²) in [5, 5.41) is 7.38. The lowest BCUT2D eigenvalue weighted by Gasteiger charge is -2.10. The monoisotopic (exact) mass is 289 g/mol. The summed E-state index contributed by atoms with van der Waals surface area (Å²) >= 11 is 1.54. The summed E-state index contributed by atoms with van der Waals surface area (Å²) in [6.45, 7) is 3.77. The Bertz CT molecular complexity index is 532. The van der Waals surface area contributed by atoms with E-state index in [1.54, 1.807) is 24.2 Å². The summed E-state index contributed by atoms with van der Waals surface area (Å²) < 4.78 is 0. The molecule has 0 amide bonds. The molecule has 0 radical (unpaired) electrons. The zero-order chi connectivity index (χ0) is 14.2. The maximum absolute atomic E-state index is 4.46. The van der Waals surface area contributed by atoms with Crippen molar-refractivity contribution in [3.05, 3.63) is 36.2 Å². The van der Waals surface area contributed by atoms with E-state index >= 15 is 0 Å². The number of hydrogen-bond acceptors (Lipinski definition) is 6. The summed E-state index contributed by atoms with van der Waals surface area (Å²) in [5.74, 6) is 1.70. The molecule has 2 heterocycles. The fourth-order valence-corrected chi connectivity index (χ4v) is 2.02. The van der Waals surface area contributed by atoms with Crippen molar-refractivity contribution in [3.8, 4) is 0 Å². The third kappa shape index (κ3) is 4.38. The number of aromatic nitrogens is 3. The summed E-state index contributed by atoms with van der Waals surface area (Å²) in [5.41, 5.74) is 1.17. The smallest absolute Gasteiger partial charge is 0.191 e. The van der Waals surface area contributed by atoms with Crippen LogP contribution in [-0.4, -0.2) is 27.8 Å². The lowest BCUT2D eigenvalue weighted by Crippen LogP contribution is -2.07. The van der Waals surface area contributed by atoms with E-state index in [2.05, 4.69) is 32.5 Å². The minimum atomic E-state index is 0.723. The van der Waals surface area contributed by atoms with Crippen molar-refractivity contribution in [1.82, 2.24) is 15.0 Å². The van der Waals surface area contributed by atoms with E-state index in [-0.39, 0.29) is 0 Å². The van der Waals surface area contributed by atoms with Crippen LogP contribution in [0, 0.1) is 0 Å². The highest BCUT2D eigenvalue weighted by Gasteiger charge is 2.03. The molecule has 0 aliphatic rings. The van der Waals surface area contributed by atoms with E-state index in [1.165, 1.54) is 5.56 Å². The molecule has 0 saturated heterocycles. The van der Waals surface area contributed by atoms with Crippen molar-refractivity contribution < 1.29 is 0 Å². The van der Waals surface area contributed by atoms with Gasteiger partial charge in [-0.1, -0.05) is 18.7 Å². The fraction of sp³-hybridized carbons (Fsp3) is 0.357. The summed E-state index contributed by atoms with van der Waals surface area (Å²) in [6, 6.07) is 5.91. The largest absolute Gasteiger partial charge is 0.370 e. The van der Waals surface area contributed by atoms with Crippen molar-refractivity contribution in [1.29, 1.82) is 0 Å². The minimum absolute atomic E-state index is 0.723. The van der Waals surface area contributed by atoms with Gasteiger partial charge in [0.05, 0.1) is 0 Å². The highest BCUT2D eigenvalue weighted by Crippen LogP contribution is 2.17. The van der Waals surface area contributed by atoms with Gasteiger partial charge < -0.3 is 10.6 Å². The molecule has 5 nitrogen and oxygen atoms in total. The number of rotatable bonds is 7. The van der Waals surface area contributed by atoms with E-state index in [0.29, 0.717) is 0 Å². The number of pyridine rings is 1. The first-order valence-electron chi connectivity index (χ1n) is 6.61. The average molecular weight is 289 g/mol. The first kappa shape index (κ1) is 14.6. The molecule has 0 unspecified atom stereocenters. The van der Waals surface area contributed by atoms with Gasteiger partial charge in [-0.3, -0.25) is 4.98 Å². The number of thioether (sulfide) groups is 1. The third-order valence-corrected chi connectivity index (χ3v) is 3.22. The number of anilines is 2. The van der Waals surface area contributed by atoms with Crippen LogP contribution in [0.5, 0.6) is 0 Å². The van der Waals surface area contributed by atoms with Crippen molar-refractivity contribution in [2.75, 3.05) is 23.4 Å². The van der Waals surface area contributed by atoms with E-state index in [0.717, 1.165) is 36.3 Å². The zero-order valence-electron chi connectivity index (χ0n) is 11.8. The Morgan fingerprint density at radius 3 is 2.45 bits per heavy atom. The van der Waals surface area contributed by atoms with E-state index in [4.69, 9.17) is 0 Å². The Morgan fingerprint density at radius 1 is 1.10 bits per heavy atom. The van der Waals surface area contributed by atoms with Crippen molar-refractivity contribution in [3.63, 3.8) is 0 Å². The Labute approximate surface area is 123 Å². The SMILES string of the molecule is CCCNc1cc(NCc2ccncc2)nc(SC)n1. The van der Waals surface area contributed by atoms with Crippen LogP contribution in [0.1, 0.15) is 18.9 Å². The molecule has 2 aromatic rings. The van der Waals surface area contributed by atoms with Gasteiger partial charge in [0.1, 0.15) is 11.6 Å². The predicted octanol–water partition coefficient (Wildman–Crippen LogP) is 3.03. The van der Waals surface area contributed by atoms with E-state index in [1.807, 2.05) is 24.5 Å². The van der Waals surface area contributed by atoms with Crippen LogP contribution in [0.25, 0.3) is 0 Å². The summed E-state index contributed by atoms with van der Waals surface area (Å²) in [6.07, 6.45) is 6.63. The fourth-order valence-electron chi connectivity index (χ4n) is 1.64. The first-order chi connectivity index (χ1) is 9.81. The molecular formula is C14H19N5S. The van der Waals surface area contributed by atoms with Gasteiger partial charge >= 0.3 is 0 Å². The molecule has 0 fully saturated rings. The molecule has 0 aliphatic carbocycles. The standard InChI is InChI=1S/C14H19N5S/c1-3-6-16-12-9-13(19-14(18-12)20-2)17-10-11-4-7-15-8-5-11/h4-5,7-9H,3,6,10H2,1-2H3,(H2,16,17,18,19). The molecule has 106 valence electrons. The molecule has 2 N–H and O–H groups in total. The van der Waals surface area contributed by atoms with Crippen LogP contribution in [0.4, 0.5) is 11.6 Å². The second kappa shape index (κ2) is 7.69. The number of nitrogens with zero attached hydrogens (tertiary/aromatic N) is 3. The van der Waals surface area contributed by atoms with Gasteiger partial charge in [-0.25, -0.2) is 9.97 Å². The average Bonchev–Trinajstić information content (AvgIpc) is 2.51. The molecule has 20 heavy (non-hydrogen) atoms. The minimum Gasteiger partial charge on any atom is -0.370 e. The normalized spacial score (nSPS) is 10.3. The highest BCUT2D eigenvalue weighted by molar-refractivity contribution is 7.98. The van der Waals surface area contributed by atoms with Crippen LogP contribution in [0.15, 0.2) is 35.7 Å². The summed E-state index contributed by atoms with van der Waals surface area (Å²) in [7, 11) is 0.